The third kappa shape index (κ3) is 1.81. The number of phenols is 1. The first kappa shape index (κ1) is 17.2. The number of nitrogens with zero attached hydrogens (tertiary/aromatic N) is 1. The number of anilines is 1. The number of imide groups is 1. The Kier molecular flexibility index (Phi) is 3.24. The summed E-state index contributed by atoms with van der Waals surface area (Å²) in [5, 5.41) is 9.61. The van der Waals surface area contributed by atoms with Gasteiger partial charge in [-0.3, -0.25) is 9.59 Å². The molecule has 2 atom stereocenters. The summed E-state index contributed by atoms with van der Waals surface area (Å²) >= 11 is 0. The zero-order chi connectivity index (χ0) is 20.6. The van der Waals surface area contributed by atoms with E-state index in [-0.39, 0.29) is 23.5 Å². The molecular weight excluding hydrogens is 378 g/mol. The second-order valence-corrected chi connectivity index (χ2v) is 8.17. The lowest BCUT2D eigenvalue weighted by Gasteiger charge is -2.51. The van der Waals surface area contributed by atoms with Crippen LogP contribution in [0, 0.1) is 11.8 Å². The van der Waals surface area contributed by atoms with Crippen molar-refractivity contribution in [3.05, 3.63) is 95.1 Å². The summed E-state index contributed by atoms with van der Waals surface area (Å²) < 4.78 is 0. The summed E-state index contributed by atoms with van der Waals surface area (Å²) in [7, 11) is 0. The fourth-order valence-electron chi connectivity index (χ4n) is 5.89. The Morgan fingerprint density at radius 3 is 1.93 bits per heavy atom. The Hall–Kier alpha value is -3.73. The van der Waals surface area contributed by atoms with Crippen LogP contribution in [0.3, 0.4) is 0 Å². The predicted octanol–water partition coefficient (Wildman–Crippen LogP) is 3.14. The van der Waals surface area contributed by atoms with Crippen molar-refractivity contribution in [3.63, 3.8) is 0 Å². The number of carbonyl (C=O) groups excluding carboxylic acids is 3. The van der Waals surface area contributed by atoms with Gasteiger partial charge in [-0.25, -0.2) is 4.90 Å². The van der Waals surface area contributed by atoms with Crippen LogP contribution in [0.5, 0.6) is 5.75 Å². The lowest BCUT2D eigenvalue weighted by molar-refractivity contribution is -0.128. The van der Waals surface area contributed by atoms with E-state index in [1.54, 1.807) is 12.1 Å². The normalized spacial score (nSPS) is 28.1. The Balaban J connectivity index is 1.64. The minimum atomic E-state index is -1.19. The zero-order valence-electron chi connectivity index (χ0n) is 15.9. The summed E-state index contributed by atoms with van der Waals surface area (Å²) in [6, 6.07) is 21.3. The van der Waals surface area contributed by atoms with E-state index in [0.29, 0.717) is 5.69 Å². The van der Waals surface area contributed by atoms with Gasteiger partial charge in [0.05, 0.1) is 22.9 Å². The third-order valence-corrected chi connectivity index (χ3v) is 6.98. The van der Waals surface area contributed by atoms with Crippen molar-refractivity contribution in [2.24, 2.45) is 11.8 Å². The van der Waals surface area contributed by atoms with Gasteiger partial charge in [-0.1, -0.05) is 48.5 Å². The zero-order valence-corrected chi connectivity index (χ0v) is 15.9. The molecule has 0 aromatic heterocycles. The van der Waals surface area contributed by atoms with E-state index < -0.39 is 17.3 Å². The molecule has 1 saturated heterocycles. The highest BCUT2D eigenvalue weighted by molar-refractivity contribution is 6.24. The molecular formula is C25H17NO4. The average Bonchev–Trinajstić information content (AvgIpc) is 3.05. The summed E-state index contributed by atoms with van der Waals surface area (Å²) in [4.78, 5) is 41.3. The highest BCUT2D eigenvalue weighted by atomic mass is 16.3. The van der Waals surface area contributed by atoms with Gasteiger partial charge in [0.1, 0.15) is 12.0 Å². The minimum Gasteiger partial charge on any atom is -0.508 e. The molecule has 1 N–H and O–H groups in total. The molecule has 1 heterocycles. The Morgan fingerprint density at radius 2 is 1.37 bits per heavy atom. The predicted molar refractivity (Wildman–Crippen MR) is 109 cm³/mol. The molecule has 4 aliphatic rings. The van der Waals surface area contributed by atoms with Crippen molar-refractivity contribution in [3.8, 4) is 5.75 Å². The number of hydrogen-bond donors (Lipinski definition) is 1. The molecule has 30 heavy (non-hydrogen) atoms. The molecule has 0 radical (unpaired) electrons. The number of rotatable bonds is 2. The van der Waals surface area contributed by atoms with Gasteiger partial charge in [0.25, 0.3) is 0 Å². The van der Waals surface area contributed by atoms with Crippen LogP contribution in [-0.4, -0.2) is 23.2 Å². The van der Waals surface area contributed by atoms with Crippen LogP contribution < -0.4 is 4.90 Å². The van der Waals surface area contributed by atoms with E-state index in [1.807, 2.05) is 48.5 Å². The Bertz CT molecular complexity index is 1200. The Morgan fingerprint density at radius 1 is 0.800 bits per heavy atom. The number of phenolic OH excluding ortho intramolecular Hbond substituents is 1. The molecule has 1 aliphatic heterocycles. The van der Waals surface area contributed by atoms with E-state index in [2.05, 4.69) is 0 Å². The van der Waals surface area contributed by atoms with E-state index >= 15 is 0 Å². The number of hydrogen-bond acceptors (Lipinski definition) is 4. The molecule has 3 aliphatic carbocycles. The minimum absolute atomic E-state index is 0.0551. The van der Waals surface area contributed by atoms with Gasteiger partial charge in [0.2, 0.25) is 11.8 Å². The number of carbonyl (C=O) groups is 3. The lowest BCUT2D eigenvalue weighted by atomic mass is 9.48. The highest BCUT2D eigenvalue weighted by Crippen LogP contribution is 2.63. The van der Waals surface area contributed by atoms with Gasteiger partial charge >= 0.3 is 0 Å². The van der Waals surface area contributed by atoms with Crippen LogP contribution >= 0.6 is 0 Å². The number of benzene rings is 3. The van der Waals surface area contributed by atoms with Crippen LogP contribution in [0.25, 0.3) is 0 Å². The molecule has 1 fully saturated rings. The molecule has 2 bridgehead atoms. The van der Waals surface area contributed by atoms with Crippen molar-refractivity contribution in [1.29, 1.82) is 0 Å². The Labute approximate surface area is 172 Å². The van der Waals surface area contributed by atoms with Crippen LogP contribution in [0.4, 0.5) is 5.69 Å². The van der Waals surface area contributed by atoms with Crippen LogP contribution in [0.1, 0.15) is 28.2 Å². The topological polar surface area (TPSA) is 74.7 Å². The summed E-state index contributed by atoms with van der Waals surface area (Å²) in [6.45, 7) is 0. The maximum absolute atomic E-state index is 13.7. The molecule has 7 rings (SSSR count). The molecule has 5 nitrogen and oxygen atoms in total. The molecule has 0 spiro atoms. The molecule has 3 aromatic rings. The smallest absolute Gasteiger partial charge is 0.239 e. The standard InChI is InChI=1S/C25H17NO4/c27-13-25-18-7-3-1-5-16(18)20(17-6-2-4-8-19(17)25)21-22(25)24(30)26(23(21)29)14-9-11-15(28)12-10-14/h1-13,20-22,28H/t20?,21-,22-,25?/m0/s1. The molecule has 0 unspecified atom stereocenters. The van der Waals surface area contributed by atoms with Crippen molar-refractivity contribution in [1.82, 2.24) is 0 Å². The van der Waals surface area contributed by atoms with Gasteiger partial charge < -0.3 is 9.90 Å². The molecule has 0 saturated carbocycles. The summed E-state index contributed by atoms with van der Waals surface area (Å²) in [6.07, 6.45) is 0.864. The summed E-state index contributed by atoms with van der Waals surface area (Å²) in [5.41, 5.74) is 2.74. The first-order chi connectivity index (χ1) is 14.6. The van der Waals surface area contributed by atoms with Crippen molar-refractivity contribution >= 4 is 23.8 Å². The SMILES string of the molecule is O=CC12c3ccccc3C(c3ccccc31)[C@@H]1C(=O)N(c3ccc(O)cc3)C(=O)[C@H]12. The fourth-order valence-corrected chi connectivity index (χ4v) is 5.89. The first-order valence-corrected chi connectivity index (χ1v) is 9.91. The van der Waals surface area contributed by atoms with Crippen molar-refractivity contribution in [2.75, 3.05) is 4.90 Å². The maximum atomic E-state index is 13.7. The number of aldehydes is 1. The van der Waals surface area contributed by atoms with Crippen LogP contribution in [-0.2, 0) is 19.8 Å². The number of amides is 2. The van der Waals surface area contributed by atoms with Gasteiger partial charge in [-0.05, 0) is 46.5 Å². The molecule has 2 amide bonds. The van der Waals surface area contributed by atoms with Gasteiger partial charge in [-0.15, -0.1) is 0 Å². The van der Waals surface area contributed by atoms with E-state index in [9.17, 15) is 19.5 Å². The van der Waals surface area contributed by atoms with Gasteiger partial charge in [0, 0.05) is 5.92 Å². The van der Waals surface area contributed by atoms with E-state index in [0.717, 1.165) is 28.5 Å². The monoisotopic (exact) mass is 395 g/mol. The van der Waals surface area contributed by atoms with Gasteiger partial charge in [0.15, 0.2) is 0 Å². The highest BCUT2D eigenvalue weighted by Gasteiger charge is 2.68. The molecule has 146 valence electrons. The average molecular weight is 395 g/mol. The van der Waals surface area contributed by atoms with Crippen LogP contribution in [0.15, 0.2) is 72.8 Å². The fraction of sp³-hybridized carbons (Fsp3) is 0.160. The maximum Gasteiger partial charge on any atom is 0.239 e. The summed E-state index contributed by atoms with van der Waals surface area (Å²) in [5.74, 6) is -2.30. The lowest BCUT2D eigenvalue weighted by Crippen LogP contribution is -2.54. The van der Waals surface area contributed by atoms with Crippen molar-refractivity contribution < 1.29 is 19.5 Å². The first-order valence-electron chi connectivity index (χ1n) is 9.91. The second kappa shape index (κ2) is 5.66. The third-order valence-electron chi connectivity index (χ3n) is 6.98. The van der Waals surface area contributed by atoms with E-state index in [1.165, 1.54) is 17.0 Å². The quantitative estimate of drug-likeness (QED) is 0.534. The molecule has 3 aromatic carbocycles. The van der Waals surface area contributed by atoms with Gasteiger partial charge in [-0.2, -0.15) is 0 Å². The number of aromatic hydroxyl groups is 1. The largest absolute Gasteiger partial charge is 0.508 e. The molecule has 5 heteroatoms. The van der Waals surface area contributed by atoms with E-state index in [4.69, 9.17) is 0 Å². The van der Waals surface area contributed by atoms with Crippen molar-refractivity contribution in [2.45, 2.75) is 11.3 Å². The van der Waals surface area contributed by atoms with Crippen LogP contribution in [0.2, 0.25) is 0 Å². The second-order valence-electron chi connectivity index (χ2n) is 8.17.